The van der Waals surface area contributed by atoms with Crippen molar-refractivity contribution >= 4 is 23.4 Å². The normalized spacial score (nSPS) is 17.5. The van der Waals surface area contributed by atoms with Crippen molar-refractivity contribution in [2.45, 2.75) is 50.6 Å². The van der Waals surface area contributed by atoms with E-state index in [4.69, 9.17) is 4.74 Å². The van der Waals surface area contributed by atoms with Gasteiger partial charge in [0.25, 0.3) is 0 Å². The predicted molar refractivity (Wildman–Crippen MR) is 123 cm³/mol. The second-order valence-electron chi connectivity index (χ2n) is 7.52. The summed E-state index contributed by atoms with van der Waals surface area (Å²) in [7, 11) is 0. The number of rotatable bonds is 6. The number of benzene rings is 2. The van der Waals surface area contributed by atoms with Crippen LogP contribution in [0.2, 0.25) is 0 Å². The van der Waals surface area contributed by atoms with E-state index in [9.17, 15) is 4.79 Å². The van der Waals surface area contributed by atoms with E-state index in [0.29, 0.717) is 11.8 Å². The van der Waals surface area contributed by atoms with Crippen LogP contribution in [0.25, 0.3) is 0 Å². The van der Waals surface area contributed by atoms with Gasteiger partial charge in [-0.1, -0.05) is 36.9 Å². The van der Waals surface area contributed by atoms with Crippen LogP contribution in [0.5, 0.6) is 5.75 Å². The Morgan fingerprint density at radius 3 is 2.58 bits per heavy atom. The third kappa shape index (κ3) is 4.39. The molecule has 2 heterocycles. The largest absolute Gasteiger partial charge is 0.494 e. The van der Waals surface area contributed by atoms with Gasteiger partial charge in [0.2, 0.25) is 11.1 Å². The minimum atomic E-state index is -0.416. The van der Waals surface area contributed by atoms with Gasteiger partial charge in [-0.3, -0.25) is 4.79 Å². The molecule has 0 bridgehead atoms. The molecule has 31 heavy (non-hydrogen) atoms. The van der Waals surface area contributed by atoms with E-state index in [2.05, 4.69) is 27.9 Å². The van der Waals surface area contributed by atoms with E-state index in [0.717, 1.165) is 34.8 Å². The number of anilines is 1. The van der Waals surface area contributed by atoms with Gasteiger partial charge in [0.15, 0.2) is 5.82 Å². The monoisotopic (exact) mass is 437 g/mol. The summed E-state index contributed by atoms with van der Waals surface area (Å²) in [5.74, 6) is 1.57. The smallest absolute Gasteiger partial charge is 0.240 e. The van der Waals surface area contributed by atoms with Crippen molar-refractivity contribution in [3.05, 3.63) is 65.0 Å². The zero-order valence-corrected chi connectivity index (χ0v) is 19.0. The van der Waals surface area contributed by atoms with Crippen LogP contribution in [0.15, 0.2) is 47.6 Å². The molecule has 0 fully saturated rings. The molecule has 7 nitrogen and oxygen atoms in total. The highest BCUT2D eigenvalue weighted by molar-refractivity contribution is 8.00. The van der Waals surface area contributed by atoms with Crippen LogP contribution < -0.4 is 15.5 Å². The second kappa shape index (κ2) is 9.01. The number of carbonyl (C=O) groups is 1. The van der Waals surface area contributed by atoms with E-state index in [1.54, 1.807) is 0 Å². The first kappa shape index (κ1) is 21.2. The van der Waals surface area contributed by atoms with Crippen molar-refractivity contribution in [2.24, 2.45) is 0 Å². The second-order valence-corrected chi connectivity index (χ2v) is 8.63. The molecular formula is C23H27N5O2S. The topological polar surface area (TPSA) is 81.1 Å². The summed E-state index contributed by atoms with van der Waals surface area (Å²) in [6.07, 6.45) is 0.746. The number of hydrogen-bond donors (Lipinski definition) is 2. The maximum absolute atomic E-state index is 13.3. The molecule has 3 aromatic rings. The van der Waals surface area contributed by atoms with E-state index >= 15 is 0 Å². The number of carbonyl (C=O) groups excluding carboxylic acids is 1. The van der Waals surface area contributed by atoms with Gasteiger partial charge in [0, 0.05) is 12.1 Å². The van der Waals surface area contributed by atoms with Gasteiger partial charge in [-0.15, -0.1) is 10.2 Å². The number of thioether (sulfide) groups is 1. The Morgan fingerprint density at radius 1 is 1.13 bits per heavy atom. The van der Waals surface area contributed by atoms with Crippen molar-refractivity contribution in [3.8, 4) is 5.75 Å². The van der Waals surface area contributed by atoms with Crippen molar-refractivity contribution in [1.82, 2.24) is 14.9 Å². The van der Waals surface area contributed by atoms with E-state index in [1.807, 2.05) is 67.9 Å². The Balaban J connectivity index is 1.64. The Bertz CT molecular complexity index is 1080. The van der Waals surface area contributed by atoms with E-state index < -0.39 is 5.25 Å². The number of nitrogens with one attached hydrogen (secondary N) is 2. The van der Waals surface area contributed by atoms with Gasteiger partial charge in [-0.25, -0.2) is 4.68 Å². The predicted octanol–water partition coefficient (Wildman–Crippen LogP) is 4.25. The standard InChI is InChI=1S/C23H27N5O2S/c1-5-19-25-26-23-28(19)27-20(16-8-11-18(12-9-16)30-6-2)21(31-23)22(29)24-17-10-7-14(3)15(4)13-17/h7-13,20-21,27H,5-6H2,1-4H3,(H,24,29)/t20-,21-/m1/s1. The highest BCUT2D eigenvalue weighted by Crippen LogP contribution is 2.38. The van der Waals surface area contributed by atoms with Gasteiger partial charge in [-0.05, 0) is 61.7 Å². The average Bonchev–Trinajstić information content (AvgIpc) is 3.18. The number of nitrogens with zero attached hydrogens (tertiary/aromatic N) is 3. The van der Waals surface area contributed by atoms with Gasteiger partial charge < -0.3 is 15.5 Å². The number of hydrogen-bond acceptors (Lipinski definition) is 6. The summed E-state index contributed by atoms with van der Waals surface area (Å²) in [6.45, 7) is 8.71. The number of fused-ring (bicyclic) bond motifs is 1. The van der Waals surface area contributed by atoms with Crippen LogP contribution >= 0.6 is 11.8 Å². The molecule has 2 N–H and O–H groups in total. The molecule has 0 unspecified atom stereocenters. The zero-order chi connectivity index (χ0) is 22.0. The third-order valence-corrected chi connectivity index (χ3v) is 6.62. The quantitative estimate of drug-likeness (QED) is 0.600. The number of aromatic nitrogens is 3. The lowest BCUT2D eigenvalue weighted by atomic mass is 10.0. The molecule has 4 rings (SSSR count). The molecule has 0 aliphatic carbocycles. The van der Waals surface area contributed by atoms with Crippen molar-refractivity contribution < 1.29 is 9.53 Å². The van der Waals surface area contributed by atoms with Gasteiger partial charge in [0.05, 0.1) is 12.6 Å². The Morgan fingerprint density at radius 2 is 1.90 bits per heavy atom. The zero-order valence-electron chi connectivity index (χ0n) is 18.2. The van der Waals surface area contributed by atoms with Crippen LogP contribution in [0, 0.1) is 13.8 Å². The maximum atomic E-state index is 13.3. The van der Waals surface area contributed by atoms with Crippen molar-refractivity contribution in [2.75, 3.05) is 17.3 Å². The molecule has 1 amide bonds. The Labute approximate surface area is 186 Å². The highest BCUT2D eigenvalue weighted by atomic mass is 32.2. The summed E-state index contributed by atoms with van der Waals surface area (Å²) in [6, 6.07) is 13.6. The highest BCUT2D eigenvalue weighted by Gasteiger charge is 2.37. The number of ether oxygens (including phenoxy) is 1. The van der Waals surface area contributed by atoms with Crippen LogP contribution in [0.4, 0.5) is 5.69 Å². The lowest BCUT2D eigenvalue weighted by Crippen LogP contribution is -2.41. The Hall–Kier alpha value is -3.00. The molecule has 1 aliphatic rings. The first-order valence-electron chi connectivity index (χ1n) is 10.5. The molecule has 162 valence electrons. The molecule has 0 radical (unpaired) electrons. The summed E-state index contributed by atoms with van der Waals surface area (Å²) in [4.78, 5) is 13.3. The average molecular weight is 438 g/mol. The third-order valence-electron chi connectivity index (χ3n) is 5.40. The molecule has 2 aromatic carbocycles. The van der Waals surface area contributed by atoms with Crippen molar-refractivity contribution in [3.63, 3.8) is 0 Å². The van der Waals surface area contributed by atoms with Crippen LogP contribution in [-0.2, 0) is 11.2 Å². The summed E-state index contributed by atoms with van der Waals surface area (Å²) < 4.78 is 7.47. The van der Waals surface area contributed by atoms with E-state index in [-0.39, 0.29) is 11.9 Å². The molecule has 1 aromatic heterocycles. The first-order valence-corrected chi connectivity index (χ1v) is 11.4. The first-order chi connectivity index (χ1) is 15.0. The minimum absolute atomic E-state index is 0.0769. The molecule has 8 heteroatoms. The molecule has 0 saturated heterocycles. The van der Waals surface area contributed by atoms with Gasteiger partial charge in [0.1, 0.15) is 11.0 Å². The molecule has 0 saturated carbocycles. The summed E-state index contributed by atoms with van der Waals surface area (Å²) in [5, 5.41) is 11.9. The summed E-state index contributed by atoms with van der Waals surface area (Å²) in [5.41, 5.74) is 7.60. The van der Waals surface area contributed by atoms with Crippen LogP contribution in [0.3, 0.4) is 0 Å². The van der Waals surface area contributed by atoms with Crippen molar-refractivity contribution in [1.29, 1.82) is 0 Å². The van der Waals surface area contributed by atoms with E-state index in [1.165, 1.54) is 17.3 Å². The van der Waals surface area contributed by atoms with Gasteiger partial charge >= 0.3 is 0 Å². The minimum Gasteiger partial charge on any atom is -0.494 e. The molecule has 2 atom stereocenters. The lowest BCUT2D eigenvalue weighted by molar-refractivity contribution is -0.116. The number of aryl methyl sites for hydroxylation is 3. The fourth-order valence-corrected chi connectivity index (χ4v) is 4.65. The molecule has 1 aliphatic heterocycles. The fourth-order valence-electron chi connectivity index (χ4n) is 3.55. The molecular weight excluding hydrogens is 410 g/mol. The Kier molecular flexibility index (Phi) is 6.18. The fraction of sp³-hybridized carbons (Fsp3) is 0.348. The van der Waals surface area contributed by atoms with Crippen LogP contribution in [0.1, 0.15) is 42.4 Å². The number of amides is 1. The SMILES string of the molecule is CCOc1ccc([C@H]2Nn3c(CC)nnc3S[C@H]2C(=O)Nc2ccc(C)c(C)c2)cc1. The van der Waals surface area contributed by atoms with Crippen LogP contribution in [-0.4, -0.2) is 32.6 Å². The lowest BCUT2D eigenvalue weighted by Gasteiger charge is -2.33. The molecule has 0 spiro atoms. The van der Waals surface area contributed by atoms with Gasteiger partial charge in [-0.2, -0.15) is 0 Å². The maximum Gasteiger partial charge on any atom is 0.240 e. The summed E-state index contributed by atoms with van der Waals surface area (Å²) >= 11 is 1.43.